The van der Waals surface area contributed by atoms with Crippen LogP contribution in [0.5, 0.6) is 0 Å². The molecule has 25 heavy (non-hydrogen) atoms. The lowest BCUT2D eigenvalue weighted by atomic mass is 9.91. The Bertz CT molecular complexity index is 766. The normalized spacial score (nSPS) is 21.4. The van der Waals surface area contributed by atoms with Gasteiger partial charge in [0.2, 0.25) is 11.8 Å². The first-order valence-corrected chi connectivity index (χ1v) is 8.41. The number of hydrogen-bond donors (Lipinski definition) is 0. The molecule has 1 aliphatic heterocycles. The molecule has 3 rings (SSSR count). The van der Waals surface area contributed by atoms with E-state index in [1.54, 1.807) is 48.6 Å². The summed E-state index contributed by atoms with van der Waals surface area (Å²) in [5, 5.41) is 0. The number of ether oxygens (including phenoxy) is 1. The molecule has 0 N–H and O–H groups in total. The molecule has 128 valence electrons. The molecular weight excluding hydrogens is 390 g/mol. The number of carbonyl (C=O) groups excluding carboxylic acids is 4. The van der Waals surface area contributed by atoms with Gasteiger partial charge < -0.3 is 4.74 Å². The summed E-state index contributed by atoms with van der Waals surface area (Å²) in [7, 11) is 0. The molecule has 0 bridgehead atoms. The zero-order valence-corrected chi connectivity index (χ0v) is 14.6. The summed E-state index contributed by atoms with van der Waals surface area (Å²) in [5.74, 6) is -3.12. The van der Waals surface area contributed by atoms with Gasteiger partial charge in [-0.05, 0) is 12.1 Å². The first-order valence-electron chi connectivity index (χ1n) is 7.62. The molecular formula is C18H14BrNO5. The molecule has 1 aliphatic carbocycles. The highest BCUT2D eigenvalue weighted by Gasteiger charge is 2.46. The minimum Gasteiger partial charge on any atom is -0.456 e. The Hall–Kier alpha value is -2.54. The number of halogens is 1. The monoisotopic (exact) mass is 403 g/mol. The second kappa shape index (κ2) is 7.14. The zero-order chi connectivity index (χ0) is 18.0. The minimum absolute atomic E-state index is 0.362. The van der Waals surface area contributed by atoms with Crippen molar-refractivity contribution in [2.75, 3.05) is 13.2 Å². The van der Waals surface area contributed by atoms with Gasteiger partial charge in [0.15, 0.2) is 12.4 Å². The number of amides is 2. The molecule has 0 spiro atoms. The summed E-state index contributed by atoms with van der Waals surface area (Å²) in [6, 6.07) is 6.63. The molecule has 2 atom stereocenters. The molecule has 1 saturated heterocycles. The second-order valence-electron chi connectivity index (χ2n) is 5.67. The number of hydrogen-bond acceptors (Lipinski definition) is 5. The maximum absolute atomic E-state index is 12.2. The van der Waals surface area contributed by atoms with Crippen molar-refractivity contribution in [1.29, 1.82) is 0 Å². The molecule has 0 aromatic heterocycles. The number of carbonyl (C=O) groups is 4. The zero-order valence-electron chi connectivity index (χ0n) is 13.1. The third-order valence-corrected chi connectivity index (χ3v) is 4.58. The van der Waals surface area contributed by atoms with E-state index in [1.807, 2.05) is 0 Å². The molecule has 0 radical (unpaired) electrons. The van der Waals surface area contributed by atoms with Crippen molar-refractivity contribution >= 4 is 39.5 Å². The molecule has 1 fully saturated rings. The molecule has 1 aromatic carbocycles. The van der Waals surface area contributed by atoms with E-state index in [0.717, 1.165) is 9.37 Å². The van der Waals surface area contributed by atoms with Crippen molar-refractivity contribution in [3.05, 3.63) is 58.6 Å². The van der Waals surface area contributed by atoms with E-state index in [2.05, 4.69) is 15.9 Å². The fourth-order valence-corrected chi connectivity index (χ4v) is 3.01. The Balaban J connectivity index is 1.56. The van der Waals surface area contributed by atoms with Crippen molar-refractivity contribution in [3.63, 3.8) is 0 Å². The number of ketones is 1. The first-order chi connectivity index (χ1) is 12.0. The number of likely N-dealkylation sites (tertiary alicyclic amines) is 1. The van der Waals surface area contributed by atoms with Crippen LogP contribution in [0.1, 0.15) is 10.4 Å². The quantitative estimate of drug-likeness (QED) is 0.426. The molecule has 1 heterocycles. The predicted octanol–water partition coefficient (Wildman–Crippen LogP) is 1.90. The van der Waals surface area contributed by atoms with E-state index < -0.39 is 42.8 Å². The fraction of sp³-hybridized carbons (Fsp3) is 0.222. The highest BCUT2D eigenvalue weighted by atomic mass is 79.9. The van der Waals surface area contributed by atoms with Crippen LogP contribution in [0.2, 0.25) is 0 Å². The summed E-state index contributed by atoms with van der Waals surface area (Å²) >= 11 is 3.27. The van der Waals surface area contributed by atoms with Crippen LogP contribution in [0, 0.1) is 11.8 Å². The van der Waals surface area contributed by atoms with Crippen LogP contribution in [0.25, 0.3) is 0 Å². The van der Waals surface area contributed by atoms with Crippen molar-refractivity contribution in [2.24, 2.45) is 11.8 Å². The summed E-state index contributed by atoms with van der Waals surface area (Å²) in [6.07, 6.45) is 6.69. The number of fused-ring (bicyclic) bond motifs is 1. The highest BCUT2D eigenvalue weighted by molar-refractivity contribution is 9.10. The summed E-state index contributed by atoms with van der Waals surface area (Å²) < 4.78 is 5.75. The Morgan fingerprint density at radius 3 is 2.12 bits per heavy atom. The molecule has 2 amide bonds. The number of Topliss-reactive ketones (excluding diaryl/α,β-unsaturated/α-hetero) is 1. The van der Waals surface area contributed by atoms with Crippen LogP contribution in [0.4, 0.5) is 0 Å². The van der Waals surface area contributed by atoms with Crippen molar-refractivity contribution in [1.82, 2.24) is 4.90 Å². The third kappa shape index (κ3) is 3.61. The van der Waals surface area contributed by atoms with Crippen LogP contribution < -0.4 is 0 Å². The average molecular weight is 404 g/mol. The van der Waals surface area contributed by atoms with Gasteiger partial charge in [-0.25, -0.2) is 0 Å². The van der Waals surface area contributed by atoms with Crippen molar-refractivity contribution in [2.45, 2.75) is 0 Å². The van der Waals surface area contributed by atoms with Gasteiger partial charge in [0.25, 0.3) is 0 Å². The maximum atomic E-state index is 12.2. The highest BCUT2D eigenvalue weighted by Crippen LogP contribution is 2.30. The van der Waals surface area contributed by atoms with Crippen LogP contribution in [-0.2, 0) is 19.1 Å². The Morgan fingerprint density at radius 2 is 1.56 bits per heavy atom. The Labute approximate surface area is 152 Å². The number of allylic oxidation sites excluding steroid dienone is 2. The van der Waals surface area contributed by atoms with Gasteiger partial charge in [0.1, 0.15) is 6.54 Å². The van der Waals surface area contributed by atoms with Gasteiger partial charge in [-0.3, -0.25) is 24.1 Å². The van der Waals surface area contributed by atoms with E-state index >= 15 is 0 Å². The Morgan fingerprint density at radius 1 is 1.00 bits per heavy atom. The number of nitrogens with zero attached hydrogens (tertiary/aromatic N) is 1. The Kier molecular flexibility index (Phi) is 4.94. The fourth-order valence-electron chi connectivity index (χ4n) is 2.74. The number of benzene rings is 1. The van der Waals surface area contributed by atoms with Crippen LogP contribution in [0.3, 0.4) is 0 Å². The van der Waals surface area contributed by atoms with Crippen LogP contribution in [-0.4, -0.2) is 41.6 Å². The summed E-state index contributed by atoms with van der Waals surface area (Å²) in [6.45, 7) is -0.927. The molecule has 6 nitrogen and oxygen atoms in total. The summed E-state index contributed by atoms with van der Waals surface area (Å²) in [4.78, 5) is 49.2. The van der Waals surface area contributed by atoms with Gasteiger partial charge in [0.05, 0.1) is 11.8 Å². The second-order valence-corrected chi connectivity index (χ2v) is 6.59. The molecule has 7 heteroatoms. The van der Waals surface area contributed by atoms with Gasteiger partial charge in [0, 0.05) is 10.0 Å². The van der Waals surface area contributed by atoms with Crippen LogP contribution >= 0.6 is 15.9 Å². The van der Waals surface area contributed by atoms with E-state index in [4.69, 9.17) is 4.74 Å². The van der Waals surface area contributed by atoms with Crippen LogP contribution in [0.15, 0.2) is 53.0 Å². The lowest BCUT2D eigenvalue weighted by Crippen LogP contribution is -2.37. The van der Waals surface area contributed by atoms with Gasteiger partial charge >= 0.3 is 5.97 Å². The SMILES string of the molecule is O=C(CN1C(=O)[C@@H]2C=CC=C[C@H]2C1=O)OCC(=O)c1ccc(Br)cc1. The number of imide groups is 1. The molecule has 1 aromatic rings. The first kappa shape index (κ1) is 17.3. The van der Waals surface area contributed by atoms with Gasteiger partial charge in [-0.15, -0.1) is 0 Å². The smallest absolute Gasteiger partial charge is 0.326 e. The molecule has 0 unspecified atom stereocenters. The molecule has 2 aliphatic rings. The topological polar surface area (TPSA) is 80.8 Å². The van der Waals surface area contributed by atoms with E-state index in [0.29, 0.717) is 5.56 Å². The van der Waals surface area contributed by atoms with E-state index in [1.165, 1.54) is 0 Å². The van der Waals surface area contributed by atoms with E-state index in [9.17, 15) is 19.2 Å². The van der Waals surface area contributed by atoms with Gasteiger partial charge in [-0.1, -0.05) is 52.4 Å². The average Bonchev–Trinajstić information content (AvgIpc) is 2.86. The van der Waals surface area contributed by atoms with Gasteiger partial charge in [-0.2, -0.15) is 0 Å². The maximum Gasteiger partial charge on any atom is 0.326 e. The minimum atomic E-state index is -0.793. The number of rotatable bonds is 5. The van der Waals surface area contributed by atoms with E-state index in [-0.39, 0.29) is 5.78 Å². The summed E-state index contributed by atoms with van der Waals surface area (Å²) in [5.41, 5.74) is 0.408. The lowest BCUT2D eigenvalue weighted by Gasteiger charge is -2.13. The van der Waals surface area contributed by atoms with Crippen molar-refractivity contribution < 1.29 is 23.9 Å². The molecule has 0 saturated carbocycles. The largest absolute Gasteiger partial charge is 0.456 e. The lowest BCUT2D eigenvalue weighted by molar-refractivity contribution is -0.152. The standard InChI is InChI=1S/C18H14BrNO5/c19-12-7-5-11(6-8-12)15(21)10-25-16(22)9-20-17(23)13-3-1-2-4-14(13)18(20)24/h1-8,13-14H,9-10H2/t13-,14-/m1/s1. The van der Waals surface area contributed by atoms with Crippen molar-refractivity contribution in [3.8, 4) is 0 Å². The predicted molar refractivity (Wildman–Crippen MR) is 91.4 cm³/mol. The third-order valence-electron chi connectivity index (χ3n) is 4.05. The number of esters is 1.